The molecule has 0 unspecified atom stereocenters. The summed E-state index contributed by atoms with van der Waals surface area (Å²) in [5, 5.41) is 24.7. The molecule has 0 atom stereocenters. The summed E-state index contributed by atoms with van der Waals surface area (Å²) in [6.45, 7) is 0. The van der Waals surface area contributed by atoms with E-state index in [2.05, 4.69) is 10.6 Å². The number of aryl methyl sites for hydroxylation is 2. The van der Waals surface area contributed by atoms with Crippen molar-refractivity contribution in [2.24, 2.45) is 0 Å². The van der Waals surface area contributed by atoms with Gasteiger partial charge in [0.05, 0.1) is 11.1 Å². The molecular weight excluding hydrogens is 356 g/mol. The van der Waals surface area contributed by atoms with Gasteiger partial charge in [-0.2, -0.15) is 0 Å². The van der Waals surface area contributed by atoms with Crippen molar-refractivity contribution in [2.45, 2.75) is 19.3 Å². The quantitative estimate of drug-likeness (QED) is 0.556. The number of anilines is 2. The number of carboxylic acid groups (broad SMARTS) is 2. The summed E-state index contributed by atoms with van der Waals surface area (Å²) in [6, 6.07) is 8.42. The molecule has 0 aliphatic carbocycles. The number of benzene rings is 2. The number of carboxylic acids is 2. The predicted molar refractivity (Wildman–Crippen MR) is 103 cm³/mol. The lowest BCUT2D eigenvalue weighted by Gasteiger charge is -2.12. The number of nitrogens with one attached hydrogen (secondary N) is 2. The van der Waals surface area contributed by atoms with Gasteiger partial charge >= 0.3 is 11.9 Å². The average Bonchev–Trinajstić information content (AvgIpc) is 2.62. The standard InChI is InChI=1S/C19H21ClN2O4/c1-21-16-8-11(6-7-13(16)18(23)24)4-3-5-12-9-14(19(25)26)17(22-2)10-15(12)20/h6-10,21-22H,3-5H2,1-2H3,(H,23,24)(H,25,26). The summed E-state index contributed by atoms with van der Waals surface area (Å²) in [7, 11) is 3.33. The van der Waals surface area contributed by atoms with Crippen molar-refractivity contribution >= 4 is 34.9 Å². The predicted octanol–water partition coefficient (Wildman–Crippen LogP) is 4.00. The maximum absolute atomic E-state index is 11.4. The first-order chi connectivity index (χ1) is 12.4. The minimum atomic E-state index is -1.00. The molecule has 2 aromatic carbocycles. The second-order valence-corrected chi connectivity index (χ2v) is 6.24. The Morgan fingerprint density at radius 2 is 1.54 bits per heavy atom. The Morgan fingerprint density at radius 3 is 2.12 bits per heavy atom. The zero-order valence-corrected chi connectivity index (χ0v) is 15.4. The Kier molecular flexibility index (Phi) is 6.46. The number of hydrogen-bond donors (Lipinski definition) is 4. The molecule has 0 aliphatic rings. The fourth-order valence-corrected chi connectivity index (χ4v) is 3.07. The van der Waals surface area contributed by atoms with E-state index in [1.807, 2.05) is 6.07 Å². The molecule has 0 aliphatic heterocycles. The smallest absolute Gasteiger partial charge is 0.337 e. The maximum atomic E-state index is 11.4. The fraction of sp³-hybridized carbons (Fsp3) is 0.263. The normalized spacial score (nSPS) is 10.4. The van der Waals surface area contributed by atoms with Crippen molar-refractivity contribution in [3.05, 3.63) is 57.6 Å². The molecule has 0 spiro atoms. The van der Waals surface area contributed by atoms with Crippen molar-refractivity contribution in [3.8, 4) is 0 Å². The topological polar surface area (TPSA) is 98.7 Å². The highest BCUT2D eigenvalue weighted by Gasteiger charge is 2.14. The Bertz CT molecular complexity index is 837. The first kappa shape index (κ1) is 19.6. The molecule has 138 valence electrons. The van der Waals surface area contributed by atoms with E-state index in [4.69, 9.17) is 16.7 Å². The number of carbonyl (C=O) groups is 2. The molecule has 2 aromatic rings. The van der Waals surface area contributed by atoms with Gasteiger partial charge in [0.1, 0.15) is 0 Å². The summed E-state index contributed by atoms with van der Waals surface area (Å²) in [4.78, 5) is 22.5. The van der Waals surface area contributed by atoms with E-state index < -0.39 is 11.9 Å². The van der Waals surface area contributed by atoms with Gasteiger partial charge in [-0.15, -0.1) is 0 Å². The van der Waals surface area contributed by atoms with Crippen LogP contribution in [0.2, 0.25) is 5.02 Å². The van der Waals surface area contributed by atoms with E-state index in [0.717, 1.165) is 24.0 Å². The van der Waals surface area contributed by atoms with Gasteiger partial charge < -0.3 is 20.8 Å². The van der Waals surface area contributed by atoms with Crippen LogP contribution >= 0.6 is 11.6 Å². The first-order valence-electron chi connectivity index (χ1n) is 8.14. The lowest BCUT2D eigenvalue weighted by Crippen LogP contribution is -2.05. The fourth-order valence-electron chi connectivity index (χ4n) is 2.82. The lowest BCUT2D eigenvalue weighted by atomic mass is 10.00. The largest absolute Gasteiger partial charge is 0.478 e. The third-order valence-corrected chi connectivity index (χ3v) is 4.53. The third kappa shape index (κ3) is 4.46. The van der Waals surface area contributed by atoms with Gasteiger partial charge in [0, 0.05) is 30.5 Å². The van der Waals surface area contributed by atoms with Gasteiger partial charge in [0.25, 0.3) is 0 Å². The highest BCUT2D eigenvalue weighted by molar-refractivity contribution is 6.31. The van der Waals surface area contributed by atoms with E-state index in [1.54, 1.807) is 38.4 Å². The summed E-state index contributed by atoms with van der Waals surface area (Å²) in [6.07, 6.45) is 2.10. The van der Waals surface area contributed by atoms with Gasteiger partial charge in [-0.05, 0) is 54.7 Å². The molecule has 0 aromatic heterocycles. The summed E-state index contributed by atoms with van der Waals surface area (Å²) >= 11 is 6.26. The van der Waals surface area contributed by atoms with Crippen LogP contribution in [0.1, 0.15) is 38.3 Å². The highest BCUT2D eigenvalue weighted by atomic mass is 35.5. The molecule has 0 heterocycles. The summed E-state index contributed by atoms with van der Waals surface area (Å²) in [5.74, 6) is -1.98. The van der Waals surface area contributed by atoms with Gasteiger partial charge in [-0.1, -0.05) is 17.7 Å². The monoisotopic (exact) mass is 376 g/mol. The minimum Gasteiger partial charge on any atom is -0.478 e. The zero-order valence-electron chi connectivity index (χ0n) is 14.6. The van der Waals surface area contributed by atoms with E-state index in [-0.39, 0.29) is 11.1 Å². The molecule has 26 heavy (non-hydrogen) atoms. The number of hydrogen-bond acceptors (Lipinski definition) is 4. The Labute approximate surface area is 156 Å². The van der Waals surface area contributed by atoms with Crippen LogP contribution in [0.3, 0.4) is 0 Å². The van der Waals surface area contributed by atoms with E-state index in [0.29, 0.717) is 22.8 Å². The SMILES string of the molecule is CNc1cc(CCCc2cc(C(=O)O)c(NC)cc2Cl)ccc1C(=O)O. The van der Waals surface area contributed by atoms with Crippen LogP contribution in [-0.4, -0.2) is 36.2 Å². The number of aromatic carboxylic acids is 2. The zero-order chi connectivity index (χ0) is 19.3. The second-order valence-electron chi connectivity index (χ2n) is 5.83. The van der Waals surface area contributed by atoms with Crippen LogP contribution in [0.5, 0.6) is 0 Å². The van der Waals surface area contributed by atoms with Crippen LogP contribution < -0.4 is 10.6 Å². The third-order valence-electron chi connectivity index (χ3n) is 4.18. The van der Waals surface area contributed by atoms with Crippen LogP contribution in [0, 0.1) is 0 Å². The van der Waals surface area contributed by atoms with Crippen LogP contribution in [0.4, 0.5) is 11.4 Å². The molecule has 0 radical (unpaired) electrons. The van der Waals surface area contributed by atoms with Crippen molar-refractivity contribution < 1.29 is 19.8 Å². The summed E-state index contributed by atoms with van der Waals surface area (Å²) < 4.78 is 0. The molecule has 0 amide bonds. The molecule has 0 saturated carbocycles. The molecule has 0 fully saturated rings. The second kappa shape index (κ2) is 8.58. The van der Waals surface area contributed by atoms with Crippen molar-refractivity contribution in [2.75, 3.05) is 24.7 Å². The van der Waals surface area contributed by atoms with Gasteiger partial charge in [0.15, 0.2) is 0 Å². The minimum absolute atomic E-state index is 0.190. The Morgan fingerprint density at radius 1 is 0.923 bits per heavy atom. The van der Waals surface area contributed by atoms with Crippen LogP contribution in [0.25, 0.3) is 0 Å². The summed E-state index contributed by atoms with van der Waals surface area (Å²) in [5.41, 5.74) is 3.25. The molecule has 0 saturated heterocycles. The van der Waals surface area contributed by atoms with Crippen molar-refractivity contribution in [3.63, 3.8) is 0 Å². The molecule has 2 rings (SSSR count). The Balaban J connectivity index is 2.11. The first-order valence-corrected chi connectivity index (χ1v) is 8.52. The number of rotatable bonds is 8. The molecule has 0 bridgehead atoms. The molecule has 6 nitrogen and oxygen atoms in total. The van der Waals surface area contributed by atoms with Crippen molar-refractivity contribution in [1.29, 1.82) is 0 Å². The van der Waals surface area contributed by atoms with Gasteiger partial charge in [-0.3, -0.25) is 0 Å². The average molecular weight is 377 g/mol. The van der Waals surface area contributed by atoms with E-state index >= 15 is 0 Å². The van der Waals surface area contributed by atoms with Gasteiger partial charge in [0.2, 0.25) is 0 Å². The van der Waals surface area contributed by atoms with Crippen LogP contribution in [-0.2, 0) is 12.8 Å². The molecule has 7 heteroatoms. The Hall–Kier alpha value is -2.73. The lowest BCUT2D eigenvalue weighted by molar-refractivity contribution is 0.0687. The van der Waals surface area contributed by atoms with Gasteiger partial charge in [-0.25, -0.2) is 9.59 Å². The van der Waals surface area contributed by atoms with E-state index in [1.165, 1.54) is 0 Å². The molecular formula is C19H21ClN2O4. The van der Waals surface area contributed by atoms with Crippen molar-refractivity contribution in [1.82, 2.24) is 0 Å². The number of halogens is 1. The maximum Gasteiger partial charge on any atom is 0.337 e. The highest BCUT2D eigenvalue weighted by Crippen LogP contribution is 2.27. The van der Waals surface area contributed by atoms with E-state index in [9.17, 15) is 14.7 Å². The molecule has 4 N–H and O–H groups in total. The van der Waals surface area contributed by atoms with Crippen LogP contribution in [0.15, 0.2) is 30.3 Å².